The Bertz CT molecular complexity index is 1280. The predicted octanol–water partition coefficient (Wildman–Crippen LogP) is 2.31. The normalized spacial score (nSPS) is 17.4. The Hall–Kier alpha value is -3.05. The molecule has 1 aromatic carbocycles. The highest BCUT2D eigenvalue weighted by molar-refractivity contribution is 5.81. The maximum absolute atomic E-state index is 12.5. The van der Waals surface area contributed by atoms with Crippen molar-refractivity contribution in [3.05, 3.63) is 51.9 Å². The molecule has 0 radical (unpaired) electrons. The first-order valence-corrected chi connectivity index (χ1v) is 13.2. The largest absolute Gasteiger partial charge is 0.464 e. The number of rotatable bonds is 11. The molecule has 3 atom stereocenters. The van der Waals surface area contributed by atoms with E-state index in [9.17, 15) is 14.7 Å². The lowest BCUT2D eigenvalue weighted by molar-refractivity contribution is -0.149. The third-order valence-corrected chi connectivity index (χ3v) is 6.71. The van der Waals surface area contributed by atoms with E-state index in [1.807, 2.05) is 31.2 Å². The number of hydrogen-bond donors (Lipinski definition) is 2. The summed E-state index contributed by atoms with van der Waals surface area (Å²) in [6, 6.07) is 6.98. The van der Waals surface area contributed by atoms with Crippen LogP contribution in [-0.4, -0.2) is 69.9 Å². The summed E-state index contributed by atoms with van der Waals surface area (Å²) in [7, 11) is 1.74. The van der Waals surface area contributed by atoms with E-state index in [1.54, 1.807) is 31.7 Å². The summed E-state index contributed by atoms with van der Waals surface area (Å²) >= 11 is 0. The minimum atomic E-state index is -0.899. The second-order valence-electron chi connectivity index (χ2n) is 9.88. The Morgan fingerprint density at radius 1 is 1.32 bits per heavy atom. The third kappa shape index (κ3) is 6.50. The van der Waals surface area contributed by atoms with Crippen molar-refractivity contribution in [3.8, 4) is 11.4 Å². The molecule has 0 bridgehead atoms. The zero-order valence-corrected chi connectivity index (χ0v) is 22.6. The summed E-state index contributed by atoms with van der Waals surface area (Å²) in [5.41, 5.74) is 4.04. The lowest BCUT2D eigenvalue weighted by atomic mass is 10.1. The highest BCUT2D eigenvalue weighted by Crippen LogP contribution is 2.27. The first-order chi connectivity index (χ1) is 18.3. The van der Waals surface area contributed by atoms with Crippen LogP contribution in [0.5, 0.6) is 0 Å². The van der Waals surface area contributed by atoms with E-state index < -0.39 is 18.1 Å². The molecule has 0 aliphatic carbocycles. The first-order valence-electron chi connectivity index (χ1n) is 13.2. The maximum Gasteiger partial charge on any atom is 0.325 e. The number of pyridine rings is 1. The highest BCUT2D eigenvalue weighted by atomic mass is 16.6. The van der Waals surface area contributed by atoms with E-state index in [-0.39, 0.29) is 11.7 Å². The van der Waals surface area contributed by atoms with Gasteiger partial charge in [0.15, 0.2) is 0 Å². The lowest BCUT2D eigenvalue weighted by Crippen LogP contribution is -2.45. The molecule has 10 nitrogen and oxygen atoms in total. The predicted molar refractivity (Wildman–Crippen MR) is 144 cm³/mol. The van der Waals surface area contributed by atoms with Gasteiger partial charge in [-0.05, 0) is 44.0 Å². The number of aromatic nitrogens is 3. The molecule has 1 aliphatic rings. The number of hydrogen-bond acceptors (Lipinski definition) is 8. The van der Waals surface area contributed by atoms with Crippen LogP contribution in [0.2, 0.25) is 0 Å². The third-order valence-electron chi connectivity index (χ3n) is 6.71. The second kappa shape index (κ2) is 12.7. The lowest BCUT2D eigenvalue weighted by Gasteiger charge is -2.24. The van der Waals surface area contributed by atoms with Gasteiger partial charge in [-0.25, -0.2) is 4.98 Å². The summed E-state index contributed by atoms with van der Waals surface area (Å²) in [5, 5.41) is 13.3. The van der Waals surface area contributed by atoms with E-state index in [2.05, 4.69) is 9.88 Å². The number of unbranched alkanes of at least 4 members (excludes halogenated alkanes) is 1. The fourth-order valence-electron chi connectivity index (χ4n) is 4.62. The molecule has 1 aliphatic heterocycles. The van der Waals surface area contributed by atoms with Crippen molar-refractivity contribution in [3.63, 3.8) is 0 Å². The van der Waals surface area contributed by atoms with Gasteiger partial charge in [0, 0.05) is 30.9 Å². The van der Waals surface area contributed by atoms with Crippen LogP contribution in [0.15, 0.2) is 35.3 Å². The number of ether oxygens (including phenoxy) is 3. The Kier molecular flexibility index (Phi) is 9.32. The summed E-state index contributed by atoms with van der Waals surface area (Å²) < 4.78 is 20.5. The number of nitrogens with one attached hydrogen (secondary N) is 1. The first kappa shape index (κ1) is 28.0. The van der Waals surface area contributed by atoms with Crippen molar-refractivity contribution >= 4 is 17.0 Å². The quantitative estimate of drug-likeness (QED) is 0.289. The molecular formula is C28H38N4O6. The summed E-state index contributed by atoms with van der Waals surface area (Å²) in [6.07, 6.45) is 2.50. The number of carbonyl (C=O) groups is 1. The number of imidazole rings is 1. The van der Waals surface area contributed by atoms with E-state index in [4.69, 9.17) is 19.2 Å². The van der Waals surface area contributed by atoms with Gasteiger partial charge in [-0.2, -0.15) is 0 Å². The molecule has 1 saturated heterocycles. The Morgan fingerprint density at radius 2 is 2.13 bits per heavy atom. The molecule has 0 saturated carbocycles. The van der Waals surface area contributed by atoms with Gasteiger partial charge in [0.25, 0.3) is 5.56 Å². The molecule has 10 heteroatoms. The average Bonchev–Trinajstić information content (AvgIpc) is 3.25. The highest BCUT2D eigenvalue weighted by Gasteiger charge is 2.25. The molecule has 38 heavy (non-hydrogen) atoms. The number of aliphatic hydroxyl groups is 1. The van der Waals surface area contributed by atoms with Crippen molar-refractivity contribution in [2.75, 3.05) is 26.4 Å². The van der Waals surface area contributed by atoms with E-state index in [0.29, 0.717) is 45.1 Å². The molecule has 3 heterocycles. The van der Waals surface area contributed by atoms with Gasteiger partial charge in [-0.1, -0.05) is 19.4 Å². The van der Waals surface area contributed by atoms with Crippen LogP contribution in [-0.2, 0) is 39.1 Å². The molecule has 0 amide bonds. The number of carbonyl (C=O) groups excluding carboxylic acids is 1. The zero-order chi connectivity index (χ0) is 27.2. The van der Waals surface area contributed by atoms with Crippen molar-refractivity contribution in [1.82, 2.24) is 19.4 Å². The molecule has 4 rings (SSSR count). The maximum atomic E-state index is 12.5. The average molecular weight is 527 g/mol. The van der Waals surface area contributed by atoms with Crippen LogP contribution >= 0.6 is 0 Å². The molecule has 2 N–H and O–H groups in total. The van der Waals surface area contributed by atoms with Crippen molar-refractivity contribution in [1.29, 1.82) is 0 Å². The van der Waals surface area contributed by atoms with Crippen molar-refractivity contribution in [2.24, 2.45) is 7.05 Å². The summed E-state index contributed by atoms with van der Waals surface area (Å²) in [4.78, 5) is 29.7. The van der Waals surface area contributed by atoms with Crippen molar-refractivity contribution < 1.29 is 24.1 Å². The standard InChI is InChI=1S/C28H38N4O6/c1-5-6-9-38-28(35)25(19(3)33)29-14-20-7-8-24-23(13-20)30-26(21-12-18(2)27(34)31(4)15-21)32(24)16-22-17-36-10-11-37-22/h7-8,12-13,15,19,22,25,29,33H,5-6,9-11,14,16-17H2,1-4H3. The molecule has 3 unspecified atom stereocenters. The van der Waals surface area contributed by atoms with Crippen LogP contribution in [0.4, 0.5) is 0 Å². The van der Waals surface area contributed by atoms with Gasteiger partial charge in [0.05, 0.1) is 56.2 Å². The van der Waals surface area contributed by atoms with Gasteiger partial charge in [-0.15, -0.1) is 0 Å². The number of aryl methyl sites for hydroxylation is 2. The van der Waals surface area contributed by atoms with E-state index in [0.717, 1.165) is 40.8 Å². The number of esters is 1. The Labute approximate surface area is 222 Å². The SMILES string of the molecule is CCCCOC(=O)C(NCc1ccc2c(c1)nc(-c1cc(C)c(=O)n(C)c1)n2CC1COCCO1)C(C)O. The molecule has 206 valence electrons. The number of nitrogens with zero attached hydrogens (tertiary/aromatic N) is 3. The van der Waals surface area contributed by atoms with E-state index in [1.165, 1.54) is 0 Å². The monoisotopic (exact) mass is 526 g/mol. The summed E-state index contributed by atoms with van der Waals surface area (Å²) in [5.74, 6) is 0.278. The molecular weight excluding hydrogens is 488 g/mol. The number of benzene rings is 1. The minimum Gasteiger partial charge on any atom is -0.464 e. The van der Waals surface area contributed by atoms with Gasteiger partial charge in [0.1, 0.15) is 11.9 Å². The smallest absolute Gasteiger partial charge is 0.325 e. The Morgan fingerprint density at radius 3 is 2.82 bits per heavy atom. The zero-order valence-electron chi connectivity index (χ0n) is 22.6. The number of aliphatic hydroxyl groups excluding tert-OH is 1. The fourth-order valence-corrected chi connectivity index (χ4v) is 4.62. The van der Waals surface area contributed by atoms with Gasteiger partial charge in [-0.3, -0.25) is 14.9 Å². The van der Waals surface area contributed by atoms with Crippen LogP contribution < -0.4 is 10.9 Å². The van der Waals surface area contributed by atoms with Crippen LogP contribution in [0.25, 0.3) is 22.4 Å². The molecule has 2 aromatic heterocycles. The Balaban J connectivity index is 1.63. The molecule has 0 spiro atoms. The summed E-state index contributed by atoms with van der Waals surface area (Å²) in [6.45, 7) is 8.28. The van der Waals surface area contributed by atoms with Gasteiger partial charge < -0.3 is 28.5 Å². The van der Waals surface area contributed by atoms with Crippen LogP contribution in [0.1, 0.15) is 37.8 Å². The van der Waals surface area contributed by atoms with E-state index >= 15 is 0 Å². The van der Waals surface area contributed by atoms with Gasteiger partial charge in [0.2, 0.25) is 0 Å². The molecule has 1 fully saturated rings. The molecule has 3 aromatic rings. The fraction of sp³-hybridized carbons (Fsp3) is 0.536. The van der Waals surface area contributed by atoms with Crippen LogP contribution in [0.3, 0.4) is 0 Å². The van der Waals surface area contributed by atoms with Gasteiger partial charge >= 0.3 is 5.97 Å². The number of fused-ring (bicyclic) bond motifs is 1. The van der Waals surface area contributed by atoms with Crippen LogP contribution in [0, 0.1) is 6.92 Å². The minimum absolute atomic E-state index is 0.0466. The topological polar surface area (TPSA) is 117 Å². The van der Waals surface area contributed by atoms with Crippen molar-refractivity contribution in [2.45, 2.75) is 65.0 Å². The second-order valence-corrected chi connectivity index (χ2v) is 9.88.